The normalized spacial score (nSPS) is 17.8. The number of nitrogens with one attached hydrogen (secondary N) is 2. The fourth-order valence-electron chi connectivity index (χ4n) is 4.70. The fraction of sp³-hybridized carbons (Fsp3) is 0.667. The van der Waals surface area contributed by atoms with E-state index in [4.69, 9.17) is 9.73 Å². The number of amides is 1. The van der Waals surface area contributed by atoms with Gasteiger partial charge in [-0.05, 0) is 56.1 Å². The van der Waals surface area contributed by atoms with Crippen molar-refractivity contribution in [3.8, 4) is 0 Å². The maximum atomic E-state index is 12.7. The molecule has 1 amide bonds. The first-order valence-electron chi connectivity index (χ1n) is 11.6. The van der Waals surface area contributed by atoms with E-state index >= 15 is 0 Å². The molecule has 0 atom stereocenters. The topological polar surface area (TPSA) is 66.0 Å². The molecule has 3 rings (SSSR count). The number of guanidine groups is 1. The number of aliphatic imine (C=N–C) groups is 1. The maximum Gasteiger partial charge on any atom is 0.227 e. The highest BCUT2D eigenvalue weighted by Gasteiger charge is 2.33. The van der Waals surface area contributed by atoms with Crippen molar-refractivity contribution in [2.75, 3.05) is 44.8 Å². The number of ether oxygens (including phenoxy) is 1. The van der Waals surface area contributed by atoms with Crippen molar-refractivity contribution in [1.82, 2.24) is 10.6 Å². The molecule has 0 bridgehead atoms. The van der Waals surface area contributed by atoms with Gasteiger partial charge < -0.3 is 20.3 Å². The van der Waals surface area contributed by atoms with Crippen LogP contribution in [0.15, 0.2) is 29.3 Å². The summed E-state index contributed by atoms with van der Waals surface area (Å²) in [6, 6.07) is 8.22. The monoisotopic (exact) mass is 414 g/mol. The Kier molecular flexibility index (Phi) is 8.55. The number of nitrogens with zero attached hydrogens (tertiary/aromatic N) is 2. The van der Waals surface area contributed by atoms with Crippen LogP contribution >= 0.6 is 0 Å². The third-order valence-electron chi connectivity index (χ3n) is 6.47. The number of hydrogen-bond acceptors (Lipinski definition) is 3. The SMILES string of the molecule is CCNC(=NCC1(CCOC)CCCC1)NCCCC(=O)N1CCc2ccccc21. The van der Waals surface area contributed by atoms with Gasteiger partial charge in [-0.1, -0.05) is 31.0 Å². The van der Waals surface area contributed by atoms with Crippen molar-refractivity contribution < 1.29 is 9.53 Å². The standard InChI is InChI=1S/C24H38N4O2/c1-3-25-23(27-19-24(15-18-30-2)13-6-7-14-24)26-16-8-11-22(29)28-17-12-20-9-4-5-10-21(20)28/h4-5,9-10H,3,6-8,11-19H2,1-2H3,(H2,25,26,27). The molecule has 0 spiro atoms. The van der Waals surface area contributed by atoms with Gasteiger partial charge in [0, 0.05) is 52.0 Å². The van der Waals surface area contributed by atoms with Crippen LogP contribution in [0.4, 0.5) is 5.69 Å². The summed E-state index contributed by atoms with van der Waals surface area (Å²) in [6.07, 6.45) is 8.47. The summed E-state index contributed by atoms with van der Waals surface area (Å²) in [5.74, 6) is 1.08. The largest absolute Gasteiger partial charge is 0.385 e. The molecule has 1 aromatic carbocycles. The number of methoxy groups -OCH3 is 1. The van der Waals surface area contributed by atoms with Crippen molar-refractivity contribution >= 4 is 17.6 Å². The number of carbonyl (C=O) groups excluding carboxylic acids is 1. The van der Waals surface area contributed by atoms with E-state index in [0.717, 1.165) is 63.7 Å². The lowest BCUT2D eigenvalue weighted by molar-refractivity contribution is -0.118. The first-order valence-corrected chi connectivity index (χ1v) is 11.6. The Bertz CT molecular complexity index is 713. The van der Waals surface area contributed by atoms with Crippen LogP contribution < -0.4 is 15.5 Å². The molecule has 6 nitrogen and oxygen atoms in total. The predicted molar refractivity (Wildman–Crippen MR) is 123 cm³/mol. The molecule has 2 N–H and O–H groups in total. The van der Waals surface area contributed by atoms with Gasteiger partial charge >= 0.3 is 0 Å². The highest BCUT2D eigenvalue weighted by atomic mass is 16.5. The van der Waals surface area contributed by atoms with Crippen LogP contribution in [0.1, 0.15) is 57.4 Å². The molecular weight excluding hydrogens is 376 g/mol. The lowest BCUT2D eigenvalue weighted by Gasteiger charge is -2.27. The van der Waals surface area contributed by atoms with Gasteiger partial charge in [-0.15, -0.1) is 0 Å². The minimum absolute atomic E-state index is 0.216. The summed E-state index contributed by atoms with van der Waals surface area (Å²) in [7, 11) is 1.78. The molecule has 0 radical (unpaired) electrons. The quantitative estimate of drug-likeness (QED) is 0.349. The number of carbonyl (C=O) groups is 1. The van der Waals surface area contributed by atoms with Crippen LogP contribution in [0.25, 0.3) is 0 Å². The molecule has 1 fully saturated rings. The average Bonchev–Trinajstić information content (AvgIpc) is 3.41. The maximum absolute atomic E-state index is 12.7. The molecule has 1 aliphatic carbocycles. The van der Waals surface area contributed by atoms with Gasteiger partial charge in [0.05, 0.1) is 0 Å². The highest BCUT2D eigenvalue weighted by Crippen LogP contribution is 2.41. The van der Waals surface area contributed by atoms with E-state index in [2.05, 4.69) is 29.7 Å². The third kappa shape index (κ3) is 5.97. The Morgan fingerprint density at radius 1 is 1.23 bits per heavy atom. The molecule has 0 saturated heterocycles. The van der Waals surface area contributed by atoms with Gasteiger partial charge in [0.15, 0.2) is 5.96 Å². The van der Waals surface area contributed by atoms with Gasteiger partial charge in [-0.3, -0.25) is 9.79 Å². The molecule has 1 aromatic rings. The second kappa shape index (κ2) is 11.3. The number of anilines is 1. The molecular formula is C24H38N4O2. The summed E-state index contributed by atoms with van der Waals surface area (Å²) >= 11 is 0. The van der Waals surface area contributed by atoms with Crippen molar-refractivity contribution in [3.05, 3.63) is 29.8 Å². The summed E-state index contributed by atoms with van der Waals surface area (Å²) in [4.78, 5) is 19.5. The van der Waals surface area contributed by atoms with E-state index in [1.165, 1.54) is 31.2 Å². The predicted octanol–water partition coefficient (Wildman–Crippen LogP) is 3.51. The van der Waals surface area contributed by atoms with Crippen LogP contribution in [0.5, 0.6) is 0 Å². The van der Waals surface area contributed by atoms with Gasteiger partial charge in [-0.2, -0.15) is 0 Å². The molecule has 0 aromatic heterocycles. The van der Waals surface area contributed by atoms with Crippen molar-refractivity contribution in [3.63, 3.8) is 0 Å². The lowest BCUT2D eigenvalue weighted by Crippen LogP contribution is -2.39. The van der Waals surface area contributed by atoms with Crippen LogP contribution in [-0.4, -0.2) is 51.8 Å². The van der Waals surface area contributed by atoms with E-state index in [9.17, 15) is 4.79 Å². The number of fused-ring (bicyclic) bond motifs is 1. The van der Waals surface area contributed by atoms with Gasteiger partial charge in [-0.25, -0.2) is 0 Å². The zero-order chi connectivity index (χ0) is 21.2. The van der Waals surface area contributed by atoms with Crippen molar-refractivity contribution in [1.29, 1.82) is 0 Å². The van der Waals surface area contributed by atoms with E-state index in [0.29, 0.717) is 6.42 Å². The molecule has 166 valence electrons. The first-order chi connectivity index (χ1) is 14.7. The minimum atomic E-state index is 0.216. The minimum Gasteiger partial charge on any atom is -0.385 e. The molecule has 0 unspecified atom stereocenters. The molecule has 1 aliphatic heterocycles. The Hall–Kier alpha value is -2.08. The van der Waals surface area contributed by atoms with Crippen LogP contribution in [-0.2, 0) is 16.0 Å². The van der Waals surface area contributed by atoms with Crippen molar-refractivity contribution in [2.24, 2.45) is 10.4 Å². The second-order valence-corrected chi connectivity index (χ2v) is 8.60. The van der Waals surface area contributed by atoms with E-state index in [1.54, 1.807) is 7.11 Å². The highest BCUT2D eigenvalue weighted by molar-refractivity contribution is 5.95. The number of para-hydroxylation sites is 1. The van der Waals surface area contributed by atoms with E-state index < -0.39 is 0 Å². The Balaban J connectivity index is 1.45. The molecule has 2 aliphatic rings. The second-order valence-electron chi connectivity index (χ2n) is 8.60. The van der Waals surface area contributed by atoms with E-state index in [-0.39, 0.29) is 11.3 Å². The molecule has 1 saturated carbocycles. The zero-order valence-electron chi connectivity index (χ0n) is 18.7. The van der Waals surface area contributed by atoms with E-state index in [1.807, 2.05) is 17.0 Å². The fourth-order valence-corrected chi connectivity index (χ4v) is 4.70. The summed E-state index contributed by atoms with van der Waals surface area (Å²) < 4.78 is 5.33. The third-order valence-corrected chi connectivity index (χ3v) is 6.47. The Morgan fingerprint density at radius 2 is 2.03 bits per heavy atom. The number of rotatable bonds is 10. The number of hydrogen-bond donors (Lipinski definition) is 2. The van der Waals surface area contributed by atoms with Crippen LogP contribution in [0.3, 0.4) is 0 Å². The Morgan fingerprint density at radius 3 is 2.80 bits per heavy atom. The summed E-state index contributed by atoms with van der Waals surface area (Å²) in [5, 5.41) is 6.77. The zero-order valence-corrected chi connectivity index (χ0v) is 18.7. The Labute approximate surface area is 181 Å². The summed E-state index contributed by atoms with van der Waals surface area (Å²) in [6.45, 7) is 6.12. The van der Waals surface area contributed by atoms with Gasteiger partial charge in [0.1, 0.15) is 0 Å². The summed E-state index contributed by atoms with van der Waals surface area (Å²) in [5.41, 5.74) is 2.65. The molecule has 30 heavy (non-hydrogen) atoms. The first kappa shape index (κ1) is 22.6. The smallest absolute Gasteiger partial charge is 0.227 e. The average molecular weight is 415 g/mol. The van der Waals surface area contributed by atoms with Crippen molar-refractivity contribution in [2.45, 2.75) is 58.3 Å². The molecule has 6 heteroatoms. The number of benzene rings is 1. The molecule has 1 heterocycles. The van der Waals surface area contributed by atoms with Crippen LogP contribution in [0.2, 0.25) is 0 Å². The van der Waals surface area contributed by atoms with Crippen LogP contribution in [0, 0.1) is 5.41 Å². The lowest BCUT2D eigenvalue weighted by atomic mass is 9.83. The van der Waals surface area contributed by atoms with Gasteiger partial charge in [0.2, 0.25) is 5.91 Å². The van der Waals surface area contributed by atoms with Gasteiger partial charge in [0.25, 0.3) is 0 Å².